The molecular weight excluding hydrogens is 364 g/mol. The van der Waals surface area contributed by atoms with Crippen LogP contribution >= 0.6 is 0 Å². The van der Waals surface area contributed by atoms with Crippen LogP contribution in [0.15, 0.2) is 66.9 Å². The average molecular weight is 386 g/mol. The van der Waals surface area contributed by atoms with Crippen LogP contribution in [0.5, 0.6) is 11.5 Å². The van der Waals surface area contributed by atoms with Gasteiger partial charge in [0.05, 0.1) is 11.2 Å². The molecule has 0 radical (unpaired) electrons. The number of rotatable bonds is 4. The smallest absolute Gasteiger partial charge is 0.125 e. The van der Waals surface area contributed by atoms with Gasteiger partial charge in [-0.05, 0) is 62.3 Å². The van der Waals surface area contributed by atoms with Crippen molar-refractivity contribution in [3.8, 4) is 28.4 Å². The highest BCUT2D eigenvalue weighted by molar-refractivity contribution is 5.82. The van der Waals surface area contributed by atoms with E-state index in [0.717, 1.165) is 48.4 Å². The minimum absolute atomic E-state index is 0.191. The van der Waals surface area contributed by atoms with Crippen molar-refractivity contribution in [1.29, 1.82) is 0 Å². The summed E-state index contributed by atoms with van der Waals surface area (Å²) < 4.78 is 8.27. The van der Waals surface area contributed by atoms with Gasteiger partial charge in [0.2, 0.25) is 0 Å². The third-order valence-electron chi connectivity index (χ3n) is 5.31. The molecule has 4 aromatic rings. The van der Waals surface area contributed by atoms with Crippen molar-refractivity contribution < 1.29 is 9.84 Å². The normalized spacial score (nSPS) is 14.9. The molecule has 6 heteroatoms. The van der Waals surface area contributed by atoms with Crippen molar-refractivity contribution >= 4 is 11.0 Å². The van der Waals surface area contributed by atoms with E-state index in [1.807, 2.05) is 42.6 Å². The van der Waals surface area contributed by atoms with E-state index in [0.29, 0.717) is 11.3 Å². The molecule has 1 aliphatic heterocycles. The number of para-hydroxylation sites is 1. The summed E-state index contributed by atoms with van der Waals surface area (Å²) in [6, 6.07) is 19.2. The van der Waals surface area contributed by atoms with Gasteiger partial charge in [-0.15, -0.1) is 10.2 Å². The molecule has 0 unspecified atom stereocenters. The number of benzene rings is 2. The molecule has 2 aromatic heterocycles. The Kier molecular flexibility index (Phi) is 4.62. The number of nitrogens with zero attached hydrogens (tertiary/aromatic N) is 3. The standard InChI is InChI=1S/C23H22N4O2/c28-23-7-2-1-6-19(23)21-15-22-20(25-26-21)10-13-27(22)16-4-3-5-18(14-16)29-17-8-11-24-12-9-17/h1-7,10,13-15,17,24,28H,8-9,11-12H2. The van der Waals surface area contributed by atoms with Crippen LogP contribution in [0.1, 0.15) is 12.8 Å². The maximum absolute atomic E-state index is 10.2. The summed E-state index contributed by atoms with van der Waals surface area (Å²) in [5, 5.41) is 22.2. The van der Waals surface area contributed by atoms with Crippen molar-refractivity contribution in [3.63, 3.8) is 0 Å². The topological polar surface area (TPSA) is 72.2 Å². The molecule has 1 aliphatic rings. The number of hydrogen-bond acceptors (Lipinski definition) is 5. The molecule has 1 saturated heterocycles. The molecular formula is C23H22N4O2. The Balaban J connectivity index is 1.51. The quantitative estimate of drug-likeness (QED) is 0.556. The zero-order valence-corrected chi connectivity index (χ0v) is 16.0. The molecule has 5 rings (SSSR count). The van der Waals surface area contributed by atoms with Gasteiger partial charge in [-0.2, -0.15) is 0 Å². The predicted octanol–water partition coefficient (Wildman–Crippen LogP) is 3.92. The molecule has 0 atom stereocenters. The van der Waals surface area contributed by atoms with Crippen LogP contribution in [0.25, 0.3) is 28.0 Å². The number of piperidine rings is 1. The molecule has 3 heterocycles. The van der Waals surface area contributed by atoms with Crippen LogP contribution in [0.3, 0.4) is 0 Å². The van der Waals surface area contributed by atoms with E-state index in [9.17, 15) is 5.11 Å². The van der Waals surface area contributed by atoms with E-state index in [4.69, 9.17) is 4.74 Å². The number of aromatic nitrogens is 3. The predicted molar refractivity (Wildman–Crippen MR) is 112 cm³/mol. The number of aromatic hydroxyl groups is 1. The molecule has 2 aromatic carbocycles. The van der Waals surface area contributed by atoms with Crippen LogP contribution in [0.4, 0.5) is 0 Å². The molecule has 0 bridgehead atoms. The molecule has 0 spiro atoms. The summed E-state index contributed by atoms with van der Waals surface area (Å²) in [6.45, 7) is 2.00. The van der Waals surface area contributed by atoms with Gasteiger partial charge in [0.15, 0.2) is 0 Å². The lowest BCUT2D eigenvalue weighted by Gasteiger charge is -2.24. The zero-order valence-electron chi connectivity index (χ0n) is 16.0. The molecule has 6 nitrogen and oxygen atoms in total. The van der Waals surface area contributed by atoms with Crippen molar-refractivity contribution in [2.75, 3.05) is 13.1 Å². The lowest BCUT2D eigenvalue weighted by molar-refractivity contribution is 0.162. The number of phenols is 1. The largest absolute Gasteiger partial charge is 0.507 e. The van der Waals surface area contributed by atoms with E-state index < -0.39 is 0 Å². The highest BCUT2D eigenvalue weighted by Gasteiger charge is 2.15. The minimum atomic E-state index is 0.191. The van der Waals surface area contributed by atoms with Gasteiger partial charge in [-0.1, -0.05) is 18.2 Å². The van der Waals surface area contributed by atoms with Crippen molar-refractivity contribution in [1.82, 2.24) is 20.1 Å². The van der Waals surface area contributed by atoms with Crippen molar-refractivity contribution in [2.24, 2.45) is 0 Å². The first-order valence-corrected chi connectivity index (χ1v) is 9.89. The van der Waals surface area contributed by atoms with Gasteiger partial charge in [0.1, 0.15) is 23.1 Å². The van der Waals surface area contributed by atoms with E-state index in [1.165, 1.54) is 0 Å². The number of ether oxygens (including phenoxy) is 1. The second-order valence-electron chi connectivity index (χ2n) is 7.27. The Bertz CT molecular complexity index is 1150. The van der Waals surface area contributed by atoms with Crippen molar-refractivity contribution in [3.05, 3.63) is 66.9 Å². The lowest BCUT2D eigenvalue weighted by Crippen LogP contribution is -2.34. The van der Waals surface area contributed by atoms with Gasteiger partial charge < -0.3 is 19.7 Å². The summed E-state index contributed by atoms with van der Waals surface area (Å²) >= 11 is 0. The monoisotopic (exact) mass is 386 g/mol. The molecule has 146 valence electrons. The first-order valence-electron chi connectivity index (χ1n) is 9.89. The second-order valence-corrected chi connectivity index (χ2v) is 7.27. The Morgan fingerprint density at radius 1 is 0.966 bits per heavy atom. The maximum Gasteiger partial charge on any atom is 0.125 e. The van der Waals surface area contributed by atoms with E-state index in [2.05, 4.69) is 32.2 Å². The van der Waals surface area contributed by atoms with E-state index in [1.54, 1.807) is 12.1 Å². The SMILES string of the molecule is Oc1ccccc1-c1cc2c(ccn2-c2cccc(OC3CCNCC3)c2)nn1. The third-order valence-corrected chi connectivity index (χ3v) is 5.31. The number of nitrogens with one attached hydrogen (secondary N) is 1. The van der Waals surface area contributed by atoms with Crippen LogP contribution in [-0.4, -0.2) is 39.1 Å². The fraction of sp³-hybridized carbons (Fsp3) is 0.217. The Morgan fingerprint density at radius 3 is 2.69 bits per heavy atom. The minimum Gasteiger partial charge on any atom is -0.507 e. The fourth-order valence-electron chi connectivity index (χ4n) is 3.79. The van der Waals surface area contributed by atoms with E-state index >= 15 is 0 Å². The lowest BCUT2D eigenvalue weighted by atomic mass is 10.1. The number of hydrogen-bond donors (Lipinski definition) is 2. The fourth-order valence-corrected chi connectivity index (χ4v) is 3.79. The summed E-state index contributed by atoms with van der Waals surface area (Å²) in [6.07, 6.45) is 4.29. The van der Waals surface area contributed by atoms with Crippen LogP contribution in [0.2, 0.25) is 0 Å². The summed E-state index contributed by atoms with van der Waals surface area (Å²) in [4.78, 5) is 0. The first-order chi connectivity index (χ1) is 14.3. The number of fused-ring (bicyclic) bond motifs is 1. The molecule has 0 aliphatic carbocycles. The maximum atomic E-state index is 10.2. The Morgan fingerprint density at radius 2 is 1.83 bits per heavy atom. The van der Waals surface area contributed by atoms with Crippen LogP contribution in [0, 0.1) is 0 Å². The van der Waals surface area contributed by atoms with Gasteiger partial charge in [-0.25, -0.2) is 0 Å². The highest BCUT2D eigenvalue weighted by atomic mass is 16.5. The van der Waals surface area contributed by atoms with Gasteiger partial charge in [0.25, 0.3) is 0 Å². The van der Waals surface area contributed by atoms with Gasteiger partial charge >= 0.3 is 0 Å². The van der Waals surface area contributed by atoms with Crippen molar-refractivity contribution in [2.45, 2.75) is 18.9 Å². The second kappa shape index (κ2) is 7.56. The average Bonchev–Trinajstić information content (AvgIpc) is 3.18. The summed E-state index contributed by atoms with van der Waals surface area (Å²) in [7, 11) is 0. The van der Waals surface area contributed by atoms with Crippen LogP contribution < -0.4 is 10.1 Å². The first kappa shape index (κ1) is 17.7. The van der Waals surface area contributed by atoms with E-state index in [-0.39, 0.29) is 11.9 Å². The van der Waals surface area contributed by atoms with Gasteiger partial charge in [0, 0.05) is 23.5 Å². The molecule has 2 N–H and O–H groups in total. The van der Waals surface area contributed by atoms with Gasteiger partial charge in [-0.3, -0.25) is 0 Å². The molecule has 29 heavy (non-hydrogen) atoms. The molecule has 0 amide bonds. The Hall–Kier alpha value is -3.38. The highest BCUT2D eigenvalue weighted by Crippen LogP contribution is 2.30. The Labute approximate surface area is 168 Å². The zero-order chi connectivity index (χ0) is 19.6. The number of phenolic OH excluding ortho intramolecular Hbond substituents is 1. The molecule has 0 saturated carbocycles. The third kappa shape index (κ3) is 3.54. The summed E-state index contributed by atoms with van der Waals surface area (Å²) in [5.74, 6) is 1.07. The molecule has 1 fully saturated rings. The van der Waals surface area contributed by atoms with Crippen LogP contribution in [-0.2, 0) is 0 Å². The summed E-state index contributed by atoms with van der Waals surface area (Å²) in [5.41, 5.74) is 4.03.